The number of pyridine rings is 1. The number of hydrogen-bond donors (Lipinski definition) is 0. The van der Waals surface area contributed by atoms with Crippen molar-refractivity contribution in [3.63, 3.8) is 0 Å². The normalized spacial score (nSPS) is 18.2. The number of hydrogen-bond acceptors (Lipinski definition) is 4. The Hall–Kier alpha value is -0.650. The average Bonchev–Trinajstić information content (AvgIpc) is 2.32. The molecule has 0 saturated carbocycles. The zero-order valence-electron chi connectivity index (χ0n) is 11.1. The molecule has 0 atom stereocenters. The molecule has 2 heterocycles. The fourth-order valence-electron chi connectivity index (χ4n) is 1.76. The van der Waals surface area contributed by atoms with E-state index in [1.165, 1.54) is 5.56 Å². The third kappa shape index (κ3) is 3.43. The standard InChI is InChI=1S/C13H19N3S2/c1-13(2,3)16-9-15(12(17)18-10-16)8-11-5-4-6-14-7-11/h4-7H,8-10H2,1-3H3. The van der Waals surface area contributed by atoms with Crippen molar-refractivity contribution >= 4 is 28.3 Å². The number of aromatic nitrogens is 1. The van der Waals surface area contributed by atoms with Gasteiger partial charge in [0.05, 0.1) is 12.5 Å². The Labute approximate surface area is 119 Å². The van der Waals surface area contributed by atoms with Crippen molar-refractivity contribution < 1.29 is 0 Å². The van der Waals surface area contributed by atoms with E-state index in [0.717, 1.165) is 23.4 Å². The molecule has 0 bridgehead atoms. The Morgan fingerprint density at radius 1 is 1.44 bits per heavy atom. The van der Waals surface area contributed by atoms with Crippen LogP contribution in [0.3, 0.4) is 0 Å². The van der Waals surface area contributed by atoms with E-state index in [2.05, 4.69) is 41.6 Å². The molecule has 1 aliphatic heterocycles. The SMILES string of the molecule is CC(C)(C)N1CSC(=S)N(Cc2cccnc2)C1. The van der Waals surface area contributed by atoms with Gasteiger partial charge >= 0.3 is 0 Å². The predicted octanol–water partition coefficient (Wildman–Crippen LogP) is 2.93. The lowest BCUT2D eigenvalue weighted by Crippen LogP contribution is -2.52. The first-order valence-corrected chi connectivity index (χ1v) is 7.42. The lowest BCUT2D eigenvalue weighted by molar-refractivity contribution is 0.106. The minimum atomic E-state index is 0.177. The van der Waals surface area contributed by atoms with E-state index in [9.17, 15) is 0 Å². The summed E-state index contributed by atoms with van der Waals surface area (Å²) in [6, 6.07) is 4.06. The van der Waals surface area contributed by atoms with Gasteiger partial charge in [-0.1, -0.05) is 30.0 Å². The lowest BCUT2D eigenvalue weighted by atomic mass is 10.1. The van der Waals surface area contributed by atoms with E-state index in [-0.39, 0.29) is 5.54 Å². The molecule has 0 spiro atoms. The van der Waals surface area contributed by atoms with Gasteiger partial charge in [0.25, 0.3) is 0 Å². The highest BCUT2D eigenvalue weighted by Gasteiger charge is 2.29. The van der Waals surface area contributed by atoms with Crippen LogP contribution in [0, 0.1) is 0 Å². The van der Waals surface area contributed by atoms with Crippen LogP contribution in [0.25, 0.3) is 0 Å². The van der Waals surface area contributed by atoms with Gasteiger partial charge in [-0.3, -0.25) is 9.88 Å². The van der Waals surface area contributed by atoms with Crippen molar-refractivity contribution in [1.29, 1.82) is 0 Å². The Bertz CT molecular complexity index is 414. The molecule has 1 aromatic heterocycles. The van der Waals surface area contributed by atoms with Gasteiger partial charge in [0.15, 0.2) is 0 Å². The second-order valence-electron chi connectivity index (χ2n) is 5.45. The molecule has 0 N–H and O–H groups in total. The van der Waals surface area contributed by atoms with Gasteiger partial charge in [-0.2, -0.15) is 0 Å². The van der Waals surface area contributed by atoms with Crippen LogP contribution in [0.15, 0.2) is 24.5 Å². The van der Waals surface area contributed by atoms with Crippen molar-refractivity contribution in [3.8, 4) is 0 Å². The van der Waals surface area contributed by atoms with Gasteiger partial charge in [0, 0.05) is 24.5 Å². The fraction of sp³-hybridized carbons (Fsp3) is 0.538. The fourth-order valence-corrected chi connectivity index (χ4v) is 3.08. The highest BCUT2D eigenvalue weighted by Crippen LogP contribution is 2.26. The van der Waals surface area contributed by atoms with Crippen molar-refractivity contribution in [1.82, 2.24) is 14.8 Å². The molecule has 0 radical (unpaired) electrons. The van der Waals surface area contributed by atoms with Crippen LogP contribution in [-0.4, -0.2) is 37.2 Å². The summed E-state index contributed by atoms with van der Waals surface area (Å²) in [5.74, 6) is 0.978. The summed E-state index contributed by atoms with van der Waals surface area (Å²) in [7, 11) is 0. The van der Waals surface area contributed by atoms with Gasteiger partial charge in [-0.25, -0.2) is 0 Å². The van der Waals surface area contributed by atoms with E-state index in [1.807, 2.05) is 12.3 Å². The molecule has 1 aromatic rings. The molecule has 0 unspecified atom stereocenters. The van der Waals surface area contributed by atoms with Crippen LogP contribution < -0.4 is 0 Å². The first-order chi connectivity index (χ1) is 8.47. The summed E-state index contributed by atoms with van der Waals surface area (Å²) in [6.07, 6.45) is 3.71. The zero-order valence-corrected chi connectivity index (χ0v) is 12.7. The molecule has 98 valence electrons. The van der Waals surface area contributed by atoms with Gasteiger partial charge in [0.1, 0.15) is 4.32 Å². The highest BCUT2D eigenvalue weighted by molar-refractivity contribution is 8.22. The van der Waals surface area contributed by atoms with Crippen LogP contribution >= 0.6 is 24.0 Å². The molecule has 1 saturated heterocycles. The topological polar surface area (TPSA) is 19.4 Å². The van der Waals surface area contributed by atoms with Crippen LogP contribution in [0.2, 0.25) is 0 Å². The van der Waals surface area contributed by atoms with Gasteiger partial charge in [-0.15, -0.1) is 0 Å². The quantitative estimate of drug-likeness (QED) is 0.774. The van der Waals surface area contributed by atoms with Gasteiger partial charge in [-0.05, 0) is 32.4 Å². The average molecular weight is 281 g/mol. The summed E-state index contributed by atoms with van der Waals surface area (Å²) in [6.45, 7) is 8.45. The second kappa shape index (κ2) is 5.55. The molecule has 1 fully saturated rings. The van der Waals surface area contributed by atoms with E-state index in [0.29, 0.717) is 0 Å². The van der Waals surface area contributed by atoms with Crippen LogP contribution in [0.1, 0.15) is 26.3 Å². The maximum atomic E-state index is 5.44. The molecule has 0 amide bonds. The van der Waals surface area contributed by atoms with Gasteiger partial charge in [0.2, 0.25) is 0 Å². The van der Waals surface area contributed by atoms with E-state index in [4.69, 9.17) is 12.2 Å². The maximum absolute atomic E-state index is 5.44. The maximum Gasteiger partial charge on any atom is 0.138 e. The zero-order chi connectivity index (χ0) is 13.2. The summed E-state index contributed by atoms with van der Waals surface area (Å²) in [5.41, 5.74) is 1.38. The molecule has 0 aliphatic carbocycles. The molecule has 18 heavy (non-hydrogen) atoms. The van der Waals surface area contributed by atoms with E-state index < -0.39 is 0 Å². The Balaban J connectivity index is 2.05. The van der Waals surface area contributed by atoms with Gasteiger partial charge < -0.3 is 4.90 Å². The number of rotatable bonds is 2. The number of nitrogens with zero attached hydrogens (tertiary/aromatic N) is 3. The first kappa shape index (κ1) is 13.8. The van der Waals surface area contributed by atoms with Crippen LogP contribution in [0.5, 0.6) is 0 Å². The second-order valence-corrected chi connectivity index (χ2v) is 7.03. The molecular formula is C13H19N3S2. The minimum Gasteiger partial charge on any atom is -0.340 e. The number of thiocarbonyl (C=S) groups is 1. The molecule has 0 aromatic carbocycles. The van der Waals surface area contributed by atoms with Crippen LogP contribution in [-0.2, 0) is 6.54 Å². The molecular weight excluding hydrogens is 262 g/mol. The van der Waals surface area contributed by atoms with Crippen molar-refractivity contribution in [2.45, 2.75) is 32.9 Å². The predicted molar refractivity (Wildman–Crippen MR) is 81.3 cm³/mol. The summed E-state index contributed by atoms with van der Waals surface area (Å²) in [4.78, 5) is 8.83. The van der Waals surface area contributed by atoms with E-state index in [1.54, 1.807) is 18.0 Å². The first-order valence-electron chi connectivity index (χ1n) is 6.02. The van der Waals surface area contributed by atoms with Crippen molar-refractivity contribution in [2.75, 3.05) is 12.5 Å². The molecule has 5 heteroatoms. The third-order valence-electron chi connectivity index (χ3n) is 2.99. The minimum absolute atomic E-state index is 0.177. The Kier molecular flexibility index (Phi) is 4.25. The van der Waals surface area contributed by atoms with Crippen molar-refractivity contribution in [3.05, 3.63) is 30.1 Å². The largest absolute Gasteiger partial charge is 0.340 e. The Morgan fingerprint density at radius 3 is 2.83 bits per heavy atom. The molecule has 1 aliphatic rings. The Morgan fingerprint density at radius 2 is 2.22 bits per heavy atom. The van der Waals surface area contributed by atoms with Crippen LogP contribution in [0.4, 0.5) is 0 Å². The summed E-state index contributed by atoms with van der Waals surface area (Å²) >= 11 is 7.19. The molecule has 2 rings (SSSR count). The lowest BCUT2D eigenvalue weighted by Gasteiger charge is -2.43. The van der Waals surface area contributed by atoms with Crippen molar-refractivity contribution in [2.24, 2.45) is 0 Å². The monoisotopic (exact) mass is 281 g/mol. The third-order valence-corrected chi connectivity index (χ3v) is 4.55. The summed E-state index contributed by atoms with van der Waals surface area (Å²) in [5, 5.41) is 0. The summed E-state index contributed by atoms with van der Waals surface area (Å²) < 4.78 is 0.986. The smallest absolute Gasteiger partial charge is 0.138 e. The van der Waals surface area contributed by atoms with E-state index >= 15 is 0 Å². The molecule has 3 nitrogen and oxygen atoms in total. The number of thioether (sulfide) groups is 1. The highest BCUT2D eigenvalue weighted by atomic mass is 32.2.